The predicted octanol–water partition coefficient (Wildman–Crippen LogP) is 0.437. The molecule has 4 rings (SSSR count). The van der Waals surface area contributed by atoms with Crippen molar-refractivity contribution >= 4 is 13.3 Å². The molecule has 157 valence electrons. The fraction of sp³-hybridized carbons (Fsp3) is 0.370. The van der Waals surface area contributed by atoms with E-state index in [2.05, 4.69) is 90.1 Å². The molecule has 30 heavy (non-hydrogen) atoms. The van der Waals surface area contributed by atoms with Crippen molar-refractivity contribution in [2.24, 2.45) is 17.8 Å². The molecule has 0 N–H and O–H groups in total. The average Bonchev–Trinajstić information content (AvgIpc) is 3.19. The molecule has 0 fully saturated rings. The molecule has 1 atom stereocenters. The Morgan fingerprint density at radius 3 is 2.13 bits per heavy atom. The summed E-state index contributed by atoms with van der Waals surface area (Å²) in [5.74, 6) is 1.86. The summed E-state index contributed by atoms with van der Waals surface area (Å²) < 4.78 is 3.50. The Kier molecular flexibility index (Phi) is 8.56. The fourth-order valence-electron chi connectivity index (χ4n) is 4.97. The smallest absolute Gasteiger partial charge is 1.00 e. The molecule has 0 radical (unpaired) electrons. The predicted molar refractivity (Wildman–Crippen MR) is 120 cm³/mol. The summed E-state index contributed by atoms with van der Waals surface area (Å²) in [5.41, 5.74) is 10.6. The number of allylic oxidation sites excluding steroid dienone is 4. The van der Waals surface area contributed by atoms with E-state index in [1.165, 1.54) is 22.3 Å². The van der Waals surface area contributed by atoms with Crippen molar-refractivity contribution in [1.29, 1.82) is 0 Å². The van der Waals surface area contributed by atoms with E-state index in [-0.39, 0.29) is 43.5 Å². The summed E-state index contributed by atoms with van der Waals surface area (Å²) in [5, 5.41) is 0. The molecular formula is C27H31Cl2Ti. The molecule has 0 heterocycles. The molecular weight excluding hydrogens is 443 g/mol. The minimum Gasteiger partial charge on any atom is -1.00 e. The van der Waals surface area contributed by atoms with Crippen molar-refractivity contribution in [2.75, 3.05) is 0 Å². The SMILES string of the molecule is CC1=C(c2ccc3c([c]2[Ti+2]=[C](C(C)C)C(C)C)Cc2ccccc2-3)C(C)C=C1.[Cl-].[Cl-]. The number of fused-ring (bicyclic) bond motifs is 3. The van der Waals surface area contributed by atoms with Gasteiger partial charge in [-0.25, -0.2) is 0 Å². The Labute approximate surface area is 203 Å². The molecule has 0 nitrogen and oxygen atoms in total. The third-order valence-corrected chi connectivity index (χ3v) is 9.84. The summed E-state index contributed by atoms with van der Waals surface area (Å²) in [6, 6.07) is 13.9. The van der Waals surface area contributed by atoms with Crippen LogP contribution in [-0.4, -0.2) is 3.81 Å². The van der Waals surface area contributed by atoms with Gasteiger partial charge in [-0.15, -0.1) is 0 Å². The van der Waals surface area contributed by atoms with Gasteiger partial charge in [-0.3, -0.25) is 0 Å². The first-order valence-corrected chi connectivity index (χ1v) is 12.2. The van der Waals surface area contributed by atoms with E-state index < -0.39 is 0 Å². The van der Waals surface area contributed by atoms with Crippen molar-refractivity contribution in [2.45, 2.75) is 48.0 Å². The second kappa shape index (κ2) is 10.1. The fourth-order valence-corrected chi connectivity index (χ4v) is 7.46. The number of rotatable bonds is 4. The minimum atomic E-state index is -0.323. The molecule has 2 aliphatic carbocycles. The van der Waals surface area contributed by atoms with E-state index in [4.69, 9.17) is 0 Å². The number of hydrogen-bond acceptors (Lipinski definition) is 0. The molecule has 1 unspecified atom stereocenters. The number of hydrogen-bond donors (Lipinski definition) is 0. The Morgan fingerprint density at radius 2 is 1.53 bits per heavy atom. The normalized spacial score (nSPS) is 16.2. The first-order chi connectivity index (χ1) is 13.4. The standard InChI is InChI=1S/C20H17.C7H14.2ClH.Ti/c1-13-7-8-14(2)20(13)16-9-10-19-17(12-16)11-15-5-3-4-6-18(15)19;1-6(2)5-7(3)4;;;/h3-10,13H,11H2,1-2H3;6-7H,1-4H3;2*1H;/q;;;;+2/p-2. The summed E-state index contributed by atoms with van der Waals surface area (Å²) in [4.78, 5) is 0. The second-order valence-corrected chi connectivity index (χ2v) is 11.1. The molecule has 2 aromatic rings. The van der Waals surface area contributed by atoms with Crippen LogP contribution in [-0.2, 0) is 25.1 Å². The summed E-state index contributed by atoms with van der Waals surface area (Å²) in [6.45, 7) is 14.2. The first-order valence-electron chi connectivity index (χ1n) is 10.7. The molecule has 0 aromatic heterocycles. The zero-order chi connectivity index (χ0) is 20.0. The van der Waals surface area contributed by atoms with E-state index in [1.54, 1.807) is 24.4 Å². The van der Waals surface area contributed by atoms with Crippen LogP contribution in [0.2, 0.25) is 0 Å². The monoisotopic (exact) mass is 473 g/mol. The van der Waals surface area contributed by atoms with Gasteiger partial charge in [0.05, 0.1) is 0 Å². The van der Waals surface area contributed by atoms with Gasteiger partial charge in [-0.05, 0) is 0 Å². The van der Waals surface area contributed by atoms with Gasteiger partial charge >= 0.3 is 180 Å². The van der Waals surface area contributed by atoms with Gasteiger partial charge < -0.3 is 24.8 Å². The molecule has 3 heteroatoms. The quantitative estimate of drug-likeness (QED) is 0.482. The van der Waals surface area contributed by atoms with Crippen LogP contribution < -0.4 is 28.7 Å². The van der Waals surface area contributed by atoms with Crippen LogP contribution in [0, 0.1) is 17.8 Å². The molecule has 0 saturated carbocycles. The maximum Gasteiger partial charge on any atom is -1.00 e. The maximum atomic E-state index is 2.44. The Bertz CT molecular complexity index is 1020. The van der Waals surface area contributed by atoms with E-state index >= 15 is 0 Å². The molecule has 0 aliphatic heterocycles. The van der Waals surface area contributed by atoms with Gasteiger partial charge in [0.15, 0.2) is 0 Å². The van der Waals surface area contributed by atoms with Crippen LogP contribution in [0.15, 0.2) is 54.1 Å². The maximum absolute atomic E-state index is 2.44. The zero-order valence-corrected chi connectivity index (χ0v) is 21.9. The third kappa shape index (κ3) is 4.49. The molecule has 2 aromatic carbocycles. The van der Waals surface area contributed by atoms with Crippen molar-refractivity contribution in [3.05, 3.63) is 70.8 Å². The van der Waals surface area contributed by atoms with Gasteiger partial charge in [0, 0.05) is 0 Å². The number of benzene rings is 2. The van der Waals surface area contributed by atoms with E-state index in [1.807, 2.05) is 0 Å². The van der Waals surface area contributed by atoms with Gasteiger partial charge in [0.1, 0.15) is 0 Å². The van der Waals surface area contributed by atoms with Crippen LogP contribution in [0.25, 0.3) is 16.7 Å². The Hall–Kier alpha value is -0.916. The largest absolute Gasteiger partial charge is 1.00 e. The summed E-state index contributed by atoms with van der Waals surface area (Å²) >= 11 is -0.323. The van der Waals surface area contributed by atoms with Crippen LogP contribution in [0.4, 0.5) is 0 Å². The van der Waals surface area contributed by atoms with Crippen molar-refractivity contribution < 1.29 is 43.5 Å². The van der Waals surface area contributed by atoms with Gasteiger partial charge in [0.25, 0.3) is 0 Å². The van der Waals surface area contributed by atoms with Gasteiger partial charge in [-0.1, -0.05) is 0 Å². The Morgan fingerprint density at radius 1 is 0.900 bits per heavy atom. The average molecular weight is 474 g/mol. The van der Waals surface area contributed by atoms with Crippen LogP contribution in [0.5, 0.6) is 0 Å². The van der Waals surface area contributed by atoms with Gasteiger partial charge in [0.2, 0.25) is 0 Å². The minimum absolute atomic E-state index is 0. The molecule has 0 bridgehead atoms. The summed E-state index contributed by atoms with van der Waals surface area (Å²) in [6.07, 6.45) is 5.79. The van der Waals surface area contributed by atoms with Crippen molar-refractivity contribution in [1.82, 2.24) is 0 Å². The molecule has 2 aliphatic rings. The van der Waals surface area contributed by atoms with Crippen molar-refractivity contribution in [3.63, 3.8) is 0 Å². The van der Waals surface area contributed by atoms with Crippen molar-refractivity contribution in [3.8, 4) is 11.1 Å². The topological polar surface area (TPSA) is 0 Å². The molecule has 0 spiro atoms. The van der Waals surface area contributed by atoms with Crippen LogP contribution >= 0.6 is 0 Å². The first kappa shape index (κ1) is 25.3. The van der Waals surface area contributed by atoms with E-state index in [0.717, 1.165) is 6.42 Å². The Balaban J connectivity index is 0.00000160. The van der Waals surface area contributed by atoms with Crippen LogP contribution in [0.1, 0.15) is 58.2 Å². The summed E-state index contributed by atoms with van der Waals surface area (Å²) in [7, 11) is 0. The molecule has 0 saturated heterocycles. The zero-order valence-electron chi connectivity index (χ0n) is 18.8. The second-order valence-electron chi connectivity index (χ2n) is 8.98. The van der Waals surface area contributed by atoms with E-state index in [9.17, 15) is 0 Å². The molecule has 0 amide bonds. The van der Waals surface area contributed by atoms with Gasteiger partial charge in [-0.2, -0.15) is 0 Å². The number of halogens is 2. The third-order valence-electron chi connectivity index (χ3n) is 6.31. The van der Waals surface area contributed by atoms with E-state index in [0.29, 0.717) is 17.8 Å². The van der Waals surface area contributed by atoms with Crippen LogP contribution in [0.3, 0.4) is 0 Å².